The number of rotatable bonds is 3. The van der Waals surface area contributed by atoms with Crippen LogP contribution in [-0.4, -0.2) is 24.8 Å². The highest BCUT2D eigenvalue weighted by atomic mass is 35.5. The molecule has 5 heteroatoms. The number of hydrogen-bond donors (Lipinski definition) is 2. The number of aliphatic hydroxyl groups is 1. The molecular weight excluding hydrogens is 261 g/mol. The smallest absolute Gasteiger partial charge is 0.138 e. The standard InChI is InChI=1S/C12H15Cl2NO2/c1-17-11-6-8(13)7(5-9(11)14)12(16)10-3-2-4-15-10/h5-6,10,12,15-16H,2-4H2,1H3. The van der Waals surface area contributed by atoms with E-state index in [0.29, 0.717) is 21.4 Å². The SMILES string of the molecule is COc1cc(Cl)c(C(O)C2CCCN2)cc1Cl. The molecule has 1 saturated heterocycles. The topological polar surface area (TPSA) is 41.5 Å². The third kappa shape index (κ3) is 2.68. The van der Waals surface area contributed by atoms with Crippen molar-refractivity contribution >= 4 is 23.2 Å². The maximum Gasteiger partial charge on any atom is 0.138 e. The quantitative estimate of drug-likeness (QED) is 0.892. The monoisotopic (exact) mass is 275 g/mol. The molecule has 2 N–H and O–H groups in total. The summed E-state index contributed by atoms with van der Waals surface area (Å²) in [5.41, 5.74) is 0.650. The van der Waals surface area contributed by atoms with E-state index in [9.17, 15) is 5.11 Å². The van der Waals surface area contributed by atoms with Gasteiger partial charge < -0.3 is 15.2 Å². The summed E-state index contributed by atoms with van der Waals surface area (Å²) in [6.07, 6.45) is 1.39. The highest BCUT2D eigenvalue weighted by Crippen LogP contribution is 2.36. The Kier molecular flexibility index (Phi) is 4.15. The van der Waals surface area contributed by atoms with Crippen molar-refractivity contribution in [1.29, 1.82) is 0 Å². The summed E-state index contributed by atoms with van der Waals surface area (Å²) in [5, 5.41) is 14.4. The molecule has 1 heterocycles. The van der Waals surface area contributed by atoms with Gasteiger partial charge >= 0.3 is 0 Å². The first-order valence-corrected chi connectivity index (χ1v) is 6.33. The zero-order valence-corrected chi connectivity index (χ0v) is 11.1. The van der Waals surface area contributed by atoms with Gasteiger partial charge in [0.1, 0.15) is 5.75 Å². The Morgan fingerprint density at radius 3 is 2.76 bits per heavy atom. The molecule has 0 bridgehead atoms. The molecule has 1 aliphatic heterocycles. The van der Waals surface area contributed by atoms with Gasteiger partial charge in [0.2, 0.25) is 0 Å². The van der Waals surface area contributed by atoms with Gasteiger partial charge in [-0.15, -0.1) is 0 Å². The Labute approximate surface area is 111 Å². The van der Waals surface area contributed by atoms with Crippen LogP contribution in [0.25, 0.3) is 0 Å². The molecule has 2 atom stereocenters. The predicted octanol–water partition coefficient (Wildman–Crippen LogP) is 2.79. The maximum atomic E-state index is 10.2. The fourth-order valence-electron chi connectivity index (χ4n) is 2.12. The van der Waals surface area contributed by atoms with Crippen molar-refractivity contribution in [3.63, 3.8) is 0 Å². The maximum absolute atomic E-state index is 10.2. The van der Waals surface area contributed by atoms with Gasteiger partial charge in [-0.25, -0.2) is 0 Å². The summed E-state index contributed by atoms with van der Waals surface area (Å²) in [4.78, 5) is 0. The molecule has 2 rings (SSSR count). The van der Waals surface area contributed by atoms with Crippen LogP contribution in [0, 0.1) is 0 Å². The largest absolute Gasteiger partial charge is 0.495 e. The van der Waals surface area contributed by atoms with Gasteiger partial charge in [0, 0.05) is 17.7 Å². The second kappa shape index (κ2) is 5.44. The Bertz CT molecular complexity index is 406. The lowest BCUT2D eigenvalue weighted by Gasteiger charge is -2.20. The Hall–Kier alpha value is -0.480. The zero-order chi connectivity index (χ0) is 12.4. The van der Waals surface area contributed by atoms with Gasteiger partial charge in [-0.3, -0.25) is 0 Å². The van der Waals surface area contributed by atoms with Crippen LogP contribution in [0.15, 0.2) is 12.1 Å². The van der Waals surface area contributed by atoms with Crippen molar-refractivity contribution < 1.29 is 9.84 Å². The highest BCUT2D eigenvalue weighted by Gasteiger charge is 2.26. The Morgan fingerprint density at radius 2 is 2.18 bits per heavy atom. The normalized spacial score (nSPS) is 21.5. The lowest BCUT2D eigenvalue weighted by Crippen LogP contribution is -2.28. The van der Waals surface area contributed by atoms with Crippen molar-refractivity contribution in [3.05, 3.63) is 27.7 Å². The van der Waals surface area contributed by atoms with E-state index in [1.165, 1.54) is 7.11 Å². The van der Waals surface area contributed by atoms with Crippen molar-refractivity contribution in [2.75, 3.05) is 13.7 Å². The lowest BCUT2D eigenvalue weighted by atomic mass is 10.0. The van der Waals surface area contributed by atoms with Gasteiger partial charge in [0.15, 0.2) is 0 Å². The van der Waals surface area contributed by atoms with E-state index in [0.717, 1.165) is 19.4 Å². The van der Waals surface area contributed by atoms with Crippen LogP contribution in [0.4, 0.5) is 0 Å². The molecule has 0 amide bonds. The third-order valence-electron chi connectivity index (χ3n) is 3.07. The molecule has 1 aliphatic rings. The number of ether oxygens (including phenoxy) is 1. The molecule has 2 unspecified atom stereocenters. The molecule has 0 aliphatic carbocycles. The van der Waals surface area contributed by atoms with Crippen LogP contribution in [0.2, 0.25) is 10.0 Å². The molecule has 0 spiro atoms. The molecular formula is C12H15Cl2NO2. The molecule has 1 aromatic carbocycles. The third-order valence-corrected chi connectivity index (χ3v) is 3.69. The van der Waals surface area contributed by atoms with Crippen LogP contribution < -0.4 is 10.1 Å². The van der Waals surface area contributed by atoms with Gasteiger partial charge in [0.05, 0.1) is 23.3 Å². The van der Waals surface area contributed by atoms with Gasteiger partial charge in [-0.05, 0) is 25.5 Å². The summed E-state index contributed by atoms with van der Waals surface area (Å²) in [7, 11) is 1.53. The summed E-state index contributed by atoms with van der Waals surface area (Å²) >= 11 is 12.2. The van der Waals surface area contributed by atoms with Crippen LogP contribution in [-0.2, 0) is 0 Å². The number of benzene rings is 1. The second-order valence-electron chi connectivity index (χ2n) is 4.16. The highest BCUT2D eigenvalue weighted by molar-refractivity contribution is 6.34. The minimum atomic E-state index is -0.631. The minimum absolute atomic E-state index is 0.0527. The van der Waals surface area contributed by atoms with Gasteiger partial charge in [0.25, 0.3) is 0 Å². The summed E-state index contributed by atoms with van der Waals surface area (Å²) < 4.78 is 5.07. The van der Waals surface area contributed by atoms with E-state index in [1.807, 2.05) is 0 Å². The molecule has 0 aromatic heterocycles. The molecule has 94 valence electrons. The van der Waals surface area contributed by atoms with E-state index >= 15 is 0 Å². The van der Waals surface area contributed by atoms with Crippen molar-refractivity contribution in [2.45, 2.75) is 25.0 Å². The molecule has 3 nitrogen and oxygen atoms in total. The van der Waals surface area contributed by atoms with E-state index in [1.54, 1.807) is 12.1 Å². The van der Waals surface area contributed by atoms with Crippen LogP contribution >= 0.6 is 23.2 Å². The summed E-state index contributed by atoms with van der Waals surface area (Å²) in [6.45, 7) is 0.934. The van der Waals surface area contributed by atoms with Crippen LogP contribution in [0.1, 0.15) is 24.5 Å². The number of aliphatic hydroxyl groups excluding tert-OH is 1. The number of nitrogens with one attached hydrogen (secondary N) is 1. The first-order chi connectivity index (χ1) is 8.13. The van der Waals surface area contributed by atoms with E-state index in [2.05, 4.69) is 5.32 Å². The van der Waals surface area contributed by atoms with E-state index < -0.39 is 6.10 Å². The Morgan fingerprint density at radius 1 is 1.41 bits per heavy atom. The first-order valence-electron chi connectivity index (χ1n) is 5.58. The van der Waals surface area contributed by atoms with Crippen molar-refractivity contribution in [3.8, 4) is 5.75 Å². The molecule has 17 heavy (non-hydrogen) atoms. The van der Waals surface area contributed by atoms with E-state index in [4.69, 9.17) is 27.9 Å². The minimum Gasteiger partial charge on any atom is -0.495 e. The first kappa shape index (κ1) is 13.0. The second-order valence-corrected chi connectivity index (χ2v) is 4.97. The fraction of sp³-hybridized carbons (Fsp3) is 0.500. The zero-order valence-electron chi connectivity index (χ0n) is 9.54. The molecule has 1 fully saturated rings. The van der Waals surface area contributed by atoms with Crippen molar-refractivity contribution in [2.24, 2.45) is 0 Å². The molecule has 0 radical (unpaired) electrons. The molecule has 0 saturated carbocycles. The number of methoxy groups -OCH3 is 1. The van der Waals surface area contributed by atoms with E-state index in [-0.39, 0.29) is 6.04 Å². The summed E-state index contributed by atoms with van der Waals surface area (Å²) in [6, 6.07) is 3.36. The average Bonchev–Trinajstić information content (AvgIpc) is 2.84. The fourth-order valence-corrected chi connectivity index (χ4v) is 2.64. The molecule has 1 aromatic rings. The average molecular weight is 276 g/mol. The Balaban J connectivity index is 2.28. The van der Waals surface area contributed by atoms with Crippen LogP contribution in [0.3, 0.4) is 0 Å². The van der Waals surface area contributed by atoms with Gasteiger partial charge in [-0.2, -0.15) is 0 Å². The number of hydrogen-bond acceptors (Lipinski definition) is 3. The summed E-state index contributed by atoms with van der Waals surface area (Å²) in [5.74, 6) is 0.520. The predicted molar refractivity (Wildman–Crippen MR) is 69.0 cm³/mol. The van der Waals surface area contributed by atoms with Crippen LogP contribution in [0.5, 0.6) is 5.75 Å². The van der Waals surface area contributed by atoms with Crippen molar-refractivity contribution in [1.82, 2.24) is 5.32 Å². The van der Waals surface area contributed by atoms with Gasteiger partial charge in [-0.1, -0.05) is 23.2 Å². The lowest BCUT2D eigenvalue weighted by molar-refractivity contribution is 0.137. The number of halogens is 2.